The van der Waals surface area contributed by atoms with Crippen LogP contribution in [0.5, 0.6) is 5.75 Å². The molecule has 0 radical (unpaired) electrons. The first-order valence-electron chi connectivity index (χ1n) is 7.36. The summed E-state index contributed by atoms with van der Waals surface area (Å²) < 4.78 is 5.77. The Morgan fingerprint density at radius 2 is 2.05 bits per heavy atom. The highest BCUT2D eigenvalue weighted by Crippen LogP contribution is 2.23. The number of hydrogen-bond acceptors (Lipinski definition) is 3. The van der Waals surface area contributed by atoms with Crippen LogP contribution in [0.3, 0.4) is 0 Å². The molecule has 0 unspecified atom stereocenters. The lowest BCUT2D eigenvalue weighted by molar-refractivity contribution is -0.143. The third-order valence-corrected chi connectivity index (χ3v) is 3.77. The zero-order chi connectivity index (χ0) is 14.4. The molecular weight excluding hydrogens is 254 g/mol. The number of ether oxygens (including phenoxy) is 1. The number of carbonyl (C=O) groups is 1. The molecule has 20 heavy (non-hydrogen) atoms. The Kier molecular flexibility index (Phi) is 5.41. The molecule has 0 aliphatic carbocycles. The number of carboxylic acid groups (broad SMARTS) is 1. The molecule has 1 heterocycles. The van der Waals surface area contributed by atoms with Crippen LogP contribution in [-0.4, -0.2) is 35.7 Å². The molecule has 4 nitrogen and oxygen atoms in total. The van der Waals surface area contributed by atoms with Gasteiger partial charge in [-0.05, 0) is 38.4 Å². The van der Waals surface area contributed by atoms with E-state index in [-0.39, 0.29) is 5.92 Å². The Labute approximate surface area is 120 Å². The van der Waals surface area contributed by atoms with Gasteiger partial charge in [0.15, 0.2) is 0 Å². The number of hydrogen-bond donors (Lipinski definition) is 1. The standard InChI is InChI=1S/C16H23NO3/c1-2-11-20-15-6-4-3-5-14(15)12-17-9-7-13(8-10-17)16(18)19/h3-6,13H,2,7-12H2,1H3,(H,18,19). The molecule has 2 rings (SSSR count). The minimum Gasteiger partial charge on any atom is -0.493 e. The molecule has 0 amide bonds. The molecule has 1 N–H and O–H groups in total. The van der Waals surface area contributed by atoms with E-state index in [2.05, 4.69) is 17.9 Å². The first kappa shape index (κ1) is 14.9. The largest absolute Gasteiger partial charge is 0.493 e. The van der Waals surface area contributed by atoms with Gasteiger partial charge in [-0.2, -0.15) is 0 Å². The quantitative estimate of drug-likeness (QED) is 0.868. The highest BCUT2D eigenvalue weighted by Gasteiger charge is 2.24. The number of likely N-dealkylation sites (tertiary alicyclic amines) is 1. The highest BCUT2D eigenvalue weighted by atomic mass is 16.5. The summed E-state index contributed by atoms with van der Waals surface area (Å²) in [5.41, 5.74) is 1.19. The van der Waals surface area contributed by atoms with E-state index >= 15 is 0 Å². The second-order valence-electron chi connectivity index (χ2n) is 5.34. The number of aliphatic carboxylic acids is 1. The number of piperidine rings is 1. The molecule has 4 heteroatoms. The van der Waals surface area contributed by atoms with Crippen LogP contribution in [-0.2, 0) is 11.3 Å². The second kappa shape index (κ2) is 7.29. The smallest absolute Gasteiger partial charge is 0.306 e. The molecule has 0 atom stereocenters. The van der Waals surface area contributed by atoms with E-state index in [0.717, 1.165) is 51.3 Å². The first-order chi connectivity index (χ1) is 9.70. The Balaban J connectivity index is 1.92. The topological polar surface area (TPSA) is 49.8 Å². The first-order valence-corrected chi connectivity index (χ1v) is 7.36. The zero-order valence-corrected chi connectivity index (χ0v) is 12.0. The lowest BCUT2D eigenvalue weighted by Gasteiger charge is -2.30. The molecule has 1 aliphatic heterocycles. The third kappa shape index (κ3) is 3.97. The van der Waals surface area contributed by atoms with Crippen LogP contribution in [0.25, 0.3) is 0 Å². The van der Waals surface area contributed by atoms with Gasteiger partial charge in [-0.15, -0.1) is 0 Å². The van der Waals surface area contributed by atoms with Gasteiger partial charge in [0.1, 0.15) is 5.75 Å². The normalized spacial score (nSPS) is 17.1. The molecule has 110 valence electrons. The molecule has 1 aliphatic rings. The van der Waals surface area contributed by atoms with Crippen LogP contribution in [0.4, 0.5) is 0 Å². The van der Waals surface area contributed by atoms with Crippen molar-refractivity contribution in [1.82, 2.24) is 4.90 Å². The molecular formula is C16H23NO3. The van der Waals surface area contributed by atoms with Gasteiger partial charge in [0.05, 0.1) is 12.5 Å². The Bertz CT molecular complexity index is 439. The summed E-state index contributed by atoms with van der Waals surface area (Å²) in [6.45, 7) is 5.36. The van der Waals surface area contributed by atoms with Crippen molar-refractivity contribution in [3.63, 3.8) is 0 Å². The van der Waals surface area contributed by atoms with Crippen molar-refractivity contribution in [1.29, 1.82) is 0 Å². The maximum Gasteiger partial charge on any atom is 0.306 e. The van der Waals surface area contributed by atoms with Gasteiger partial charge in [0.2, 0.25) is 0 Å². The predicted octanol–water partition coefficient (Wildman–Crippen LogP) is 2.77. The average molecular weight is 277 g/mol. The summed E-state index contributed by atoms with van der Waals surface area (Å²) in [7, 11) is 0. The Morgan fingerprint density at radius 3 is 2.70 bits per heavy atom. The van der Waals surface area contributed by atoms with Crippen molar-refractivity contribution in [2.75, 3.05) is 19.7 Å². The fourth-order valence-electron chi connectivity index (χ4n) is 2.57. The monoisotopic (exact) mass is 277 g/mol. The lowest BCUT2D eigenvalue weighted by atomic mass is 9.97. The molecule has 0 spiro atoms. The van der Waals surface area contributed by atoms with Crippen LogP contribution in [0.15, 0.2) is 24.3 Å². The van der Waals surface area contributed by atoms with E-state index in [1.165, 1.54) is 5.56 Å². The number of para-hydroxylation sites is 1. The van der Waals surface area contributed by atoms with Gasteiger partial charge in [-0.25, -0.2) is 0 Å². The van der Waals surface area contributed by atoms with Crippen molar-refractivity contribution < 1.29 is 14.6 Å². The van der Waals surface area contributed by atoms with Gasteiger partial charge in [0.25, 0.3) is 0 Å². The minimum absolute atomic E-state index is 0.169. The van der Waals surface area contributed by atoms with Crippen LogP contribution in [0.1, 0.15) is 31.7 Å². The zero-order valence-electron chi connectivity index (χ0n) is 12.0. The number of benzene rings is 1. The van der Waals surface area contributed by atoms with Crippen molar-refractivity contribution in [3.05, 3.63) is 29.8 Å². The predicted molar refractivity (Wildman–Crippen MR) is 77.9 cm³/mol. The van der Waals surface area contributed by atoms with Gasteiger partial charge in [-0.1, -0.05) is 25.1 Å². The number of rotatable bonds is 6. The number of nitrogens with zero attached hydrogens (tertiary/aromatic N) is 1. The van der Waals surface area contributed by atoms with Crippen molar-refractivity contribution in [3.8, 4) is 5.75 Å². The molecule has 0 aromatic heterocycles. The molecule has 1 saturated heterocycles. The molecule has 1 fully saturated rings. The van der Waals surface area contributed by atoms with E-state index in [1.807, 2.05) is 18.2 Å². The van der Waals surface area contributed by atoms with Gasteiger partial charge in [0, 0.05) is 12.1 Å². The van der Waals surface area contributed by atoms with E-state index < -0.39 is 5.97 Å². The van der Waals surface area contributed by atoms with E-state index in [1.54, 1.807) is 0 Å². The Hall–Kier alpha value is -1.55. The van der Waals surface area contributed by atoms with Gasteiger partial charge < -0.3 is 9.84 Å². The maximum absolute atomic E-state index is 11.0. The maximum atomic E-state index is 11.0. The Morgan fingerprint density at radius 1 is 1.35 bits per heavy atom. The van der Waals surface area contributed by atoms with Gasteiger partial charge >= 0.3 is 5.97 Å². The molecule has 1 aromatic rings. The van der Waals surface area contributed by atoms with Crippen LogP contribution in [0, 0.1) is 5.92 Å². The highest BCUT2D eigenvalue weighted by molar-refractivity contribution is 5.70. The summed E-state index contributed by atoms with van der Waals surface area (Å²) in [6.07, 6.45) is 2.49. The fourth-order valence-corrected chi connectivity index (χ4v) is 2.57. The van der Waals surface area contributed by atoms with Crippen molar-refractivity contribution >= 4 is 5.97 Å². The lowest BCUT2D eigenvalue weighted by Crippen LogP contribution is -2.35. The van der Waals surface area contributed by atoms with Gasteiger partial charge in [-0.3, -0.25) is 9.69 Å². The summed E-state index contributed by atoms with van der Waals surface area (Å²) >= 11 is 0. The summed E-state index contributed by atoms with van der Waals surface area (Å²) in [5, 5.41) is 9.02. The third-order valence-electron chi connectivity index (χ3n) is 3.77. The summed E-state index contributed by atoms with van der Waals surface area (Å²) in [6, 6.07) is 8.12. The summed E-state index contributed by atoms with van der Waals surface area (Å²) in [4.78, 5) is 13.3. The van der Waals surface area contributed by atoms with E-state index in [9.17, 15) is 4.79 Å². The van der Waals surface area contributed by atoms with Crippen LogP contribution >= 0.6 is 0 Å². The molecule has 0 saturated carbocycles. The molecule has 0 bridgehead atoms. The SMILES string of the molecule is CCCOc1ccccc1CN1CCC(C(=O)O)CC1. The second-order valence-corrected chi connectivity index (χ2v) is 5.34. The van der Waals surface area contributed by atoms with Crippen LogP contribution < -0.4 is 4.74 Å². The minimum atomic E-state index is -0.656. The van der Waals surface area contributed by atoms with Crippen molar-refractivity contribution in [2.24, 2.45) is 5.92 Å². The molecule has 1 aromatic carbocycles. The van der Waals surface area contributed by atoms with Crippen LogP contribution in [0.2, 0.25) is 0 Å². The average Bonchev–Trinajstić information content (AvgIpc) is 2.47. The van der Waals surface area contributed by atoms with E-state index in [4.69, 9.17) is 9.84 Å². The van der Waals surface area contributed by atoms with Crippen molar-refractivity contribution in [2.45, 2.75) is 32.7 Å². The number of carboxylic acids is 1. The fraction of sp³-hybridized carbons (Fsp3) is 0.562. The summed E-state index contributed by atoms with van der Waals surface area (Å²) in [5.74, 6) is 0.129. The van der Waals surface area contributed by atoms with E-state index in [0.29, 0.717) is 0 Å².